The van der Waals surface area contributed by atoms with Gasteiger partial charge in [0.25, 0.3) is 0 Å². The molecule has 2 aliphatic rings. The maximum Gasteiger partial charge on any atom is 0.236 e. The zero-order valence-corrected chi connectivity index (χ0v) is 10.8. The number of hydrogen-bond donors (Lipinski definition) is 0. The van der Waals surface area contributed by atoms with Crippen molar-refractivity contribution in [3.63, 3.8) is 0 Å². The van der Waals surface area contributed by atoms with Crippen LogP contribution in [0.2, 0.25) is 0 Å². The van der Waals surface area contributed by atoms with E-state index in [1.165, 1.54) is 12.8 Å². The van der Waals surface area contributed by atoms with Gasteiger partial charge in [-0.1, -0.05) is 11.9 Å². The van der Waals surface area contributed by atoms with Crippen molar-refractivity contribution in [1.82, 2.24) is 14.1 Å². The molecule has 0 bridgehead atoms. The Morgan fingerprint density at radius 2 is 1.69 bits per heavy atom. The molecule has 5 heteroatoms. The van der Waals surface area contributed by atoms with Crippen LogP contribution in [0.25, 0.3) is 0 Å². The molecule has 1 amide bonds. The lowest BCUT2D eigenvalue weighted by Gasteiger charge is -2.33. The fraction of sp³-hybridized carbons (Fsp3) is 0.909. The minimum Gasteiger partial charge on any atom is -0.342 e. The molecule has 0 atom stereocenters. The summed E-state index contributed by atoms with van der Waals surface area (Å²) in [5, 5.41) is 0. The highest BCUT2D eigenvalue weighted by Gasteiger charge is 2.22. The molecule has 0 unspecified atom stereocenters. The Kier molecular flexibility index (Phi) is 4.49. The van der Waals surface area contributed by atoms with Crippen LogP contribution in [-0.4, -0.2) is 72.1 Å². The predicted molar refractivity (Wildman–Crippen MR) is 67.3 cm³/mol. The molecule has 0 aliphatic carbocycles. The SMILES string of the molecule is CSN1CCN(CC(=O)N2CCCC2)CC1. The molecule has 2 heterocycles. The Balaban J connectivity index is 1.71. The summed E-state index contributed by atoms with van der Waals surface area (Å²) in [6.07, 6.45) is 4.49. The monoisotopic (exact) mass is 243 g/mol. The van der Waals surface area contributed by atoms with Gasteiger partial charge in [-0.3, -0.25) is 9.69 Å². The molecule has 0 aromatic heterocycles. The van der Waals surface area contributed by atoms with E-state index in [0.29, 0.717) is 12.5 Å². The van der Waals surface area contributed by atoms with Crippen molar-refractivity contribution in [3.05, 3.63) is 0 Å². The van der Waals surface area contributed by atoms with Crippen molar-refractivity contribution in [2.75, 3.05) is 52.1 Å². The quantitative estimate of drug-likeness (QED) is 0.675. The largest absolute Gasteiger partial charge is 0.342 e. The van der Waals surface area contributed by atoms with E-state index in [4.69, 9.17) is 0 Å². The number of carbonyl (C=O) groups is 1. The van der Waals surface area contributed by atoms with Gasteiger partial charge in [0, 0.05) is 39.3 Å². The lowest BCUT2D eigenvalue weighted by molar-refractivity contribution is -0.131. The fourth-order valence-corrected chi connectivity index (χ4v) is 2.86. The number of carbonyl (C=O) groups excluding carboxylic acids is 1. The van der Waals surface area contributed by atoms with E-state index in [2.05, 4.69) is 15.5 Å². The van der Waals surface area contributed by atoms with Crippen molar-refractivity contribution in [2.45, 2.75) is 12.8 Å². The minimum atomic E-state index is 0.329. The zero-order valence-electron chi connectivity index (χ0n) is 10.0. The summed E-state index contributed by atoms with van der Waals surface area (Å²) in [6, 6.07) is 0. The van der Waals surface area contributed by atoms with Gasteiger partial charge in [-0.05, 0) is 19.1 Å². The van der Waals surface area contributed by atoms with Gasteiger partial charge in [0.15, 0.2) is 0 Å². The number of rotatable bonds is 3. The summed E-state index contributed by atoms with van der Waals surface area (Å²) in [6.45, 7) is 6.79. The molecule has 0 aromatic rings. The van der Waals surface area contributed by atoms with E-state index in [9.17, 15) is 4.79 Å². The molecule has 2 saturated heterocycles. The molecule has 2 fully saturated rings. The Hall–Kier alpha value is -0.260. The maximum atomic E-state index is 11.9. The number of likely N-dealkylation sites (tertiary alicyclic amines) is 1. The second-order valence-electron chi connectivity index (χ2n) is 4.48. The molecule has 0 spiro atoms. The van der Waals surface area contributed by atoms with Crippen LogP contribution < -0.4 is 0 Å². The second kappa shape index (κ2) is 5.89. The molecular formula is C11H21N3OS. The highest BCUT2D eigenvalue weighted by Crippen LogP contribution is 2.12. The van der Waals surface area contributed by atoms with Crippen LogP contribution in [0.5, 0.6) is 0 Å². The molecule has 2 aliphatic heterocycles. The Labute approximate surface area is 102 Å². The average Bonchev–Trinajstić information content (AvgIpc) is 2.83. The van der Waals surface area contributed by atoms with Gasteiger partial charge in [-0.25, -0.2) is 4.31 Å². The van der Waals surface area contributed by atoms with Gasteiger partial charge in [-0.2, -0.15) is 0 Å². The predicted octanol–water partition coefficient (Wildman–Crippen LogP) is 0.504. The zero-order chi connectivity index (χ0) is 11.4. The maximum absolute atomic E-state index is 11.9. The molecule has 2 rings (SSSR count). The van der Waals surface area contributed by atoms with Gasteiger partial charge in [0.05, 0.1) is 6.54 Å². The van der Waals surface area contributed by atoms with Crippen LogP contribution in [0.3, 0.4) is 0 Å². The van der Waals surface area contributed by atoms with Gasteiger partial charge >= 0.3 is 0 Å². The first kappa shape index (κ1) is 12.2. The van der Waals surface area contributed by atoms with Crippen molar-refractivity contribution < 1.29 is 4.79 Å². The number of amides is 1. The molecule has 0 saturated carbocycles. The first-order chi connectivity index (χ1) is 7.79. The smallest absolute Gasteiger partial charge is 0.236 e. The first-order valence-electron chi connectivity index (χ1n) is 6.09. The topological polar surface area (TPSA) is 26.8 Å². The molecular weight excluding hydrogens is 222 g/mol. The lowest BCUT2D eigenvalue weighted by atomic mass is 10.3. The molecule has 0 radical (unpaired) electrons. The van der Waals surface area contributed by atoms with Crippen LogP contribution >= 0.6 is 11.9 Å². The Morgan fingerprint density at radius 3 is 2.25 bits per heavy atom. The molecule has 16 heavy (non-hydrogen) atoms. The summed E-state index contributed by atoms with van der Waals surface area (Å²) in [4.78, 5) is 16.2. The van der Waals surface area contributed by atoms with Gasteiger partial charge in [0.2, 0.25) is 5.91 Å². The Bertz CT molecular complexity index is 235. The van der Waals surface area contributed by atoms with Gasteiger partial charge in [0.1, 0.15) is 0 Å². The van der Waals surface area contributed by atoms with Gasteiger partial charge in [-0.15, -0.1) is 0 Å². The molecule has 0 N–H and O–H groups in total. The number of piperazine rings is 1. The summed E-state index contributed by atoms with van der Waals surface area (Å²) < 4.78 is 2.36. The van der Waals surface area contributed by atoms with E-state index >= 15 is 0 Å². The van der Waals surface area contributed by atoms with Crippen LogP contribution in [-0.2, 0) is 4.79 Å². The third-order valence-electron chi connectivity index (χ3n) is 3.41. The van der Waals surface area contributed by atoms with Crippen molar-refractivity contribution in [3.8, 4) is 0 Å². The highest BCUT2D eigenvalue weighted by molar-refractivity contribution is 7.96. The second-order valence-corrected chi connectivity index (χ2v) is 5.36. The van der Waals surface area contributed by atoms with Crippen LogP contribution in [0.15, 0.2) is 0 Å². The minimum absolute atomic E-state index is 0.329. The van der Waals surface area contributed by atoms with E-state index in [1.807, 2.05) is 4.90 Å². The van der Waals surface area contributed by atoms with Crippen LogP contribution in [0.4, 0.5) is 0 Å². The number of nitrogens with zero attached hydrogens (tertiary/aromatic N) is 3. The van der Waals surface area contributed by atoms with E-state index in [1.54, 1.807) is 11.9 Å². The van der Waals surface area contributed by atoms with Crippen molar-refractivity contribution >= 4 is 17.9 Å². The van der Waals surface area contributed by atoms with Crippen LogP contribution in [0.1, 0.15) is 12.8 Å². The first-order valence-corrected chi connectivity index (χ1v) is 7.27. The van der Waals surface area contributed by atoms with Crippen LogP contribution in [0, 0.1) is 0 Å². The third-order valence-corrected chi connectivity index (χ3v) is 4.29. The Morgan fingerprint density at radius 1 is 1.06 bits per heavy atom. The van der Waals surface area contributed by atoms with Crippen molar-refractivity contribution in [1.29, 1.82) is 0 Å². The molecule has 92 valence electrons. The lowest BCUT2D eigenvalue weighted by Crippen LogP contribution is -2.47. The van der Waals surface area contributed by atoms with Crippen molar-refractivity contribution in [2.24, 2.45) is 0 Å². The standard InChI is InChI=1S/C11H21N3OS/c1-16-14-8-6-12(7-9-14)10-11(15)13-4-2-3-5-13/h2-10H2,1H3. The third kappa shape index (κ3) is 3.12. The number of hydrogen-bond acceptors (Lipinski definition) is 4. The summed E-state index contributed by atoms with van der Waals surface area (Å²) >= 11 is 1.80. The van der Waals surface area contributed by atoms with E-state index < -0.39 is 0 Å². The van der Waals surface area contributed by atoms with Gasteiger partial charge < -0.3 is 4.90 Å². The normalized spacial score (nSPS) is 23.9. The summed E-state index contributed by atoms with van der Waals surface area (Å²) in [7, 11) is 0. The summed E-state index contributed by atoms with van der Waals surface area (Å²) in [5.41, 5.74) is 0. The van der Waals surface area contributed by atoms with E-state index in [0.717, 1.165) is 39.3 Å². The fourth-order valence-electron chi connectivity index (χ4n) is 2.33. The summed E-state index contributed by atoms with van der Waals surface area (Å²) in [5.74, 6) is 0.329. The molecule has 4 nitrogen and oxygen atoms in total. The highest BCUT2D eigenvalue weighted by atomic mass is 32.2. The molecule has 0 aromatic carbocycles. The average molecular weight is 243 g/mol. The van der Waals surface area contributed by atoms with E-state index in [-0.39, 0.29) is 0 Å².